The SMILES string of the molecule is COc1nccnc1C(O)C1Cc2ccccc2C1. The van der Waals surface area contributed by atoms with E-state index in [2.05, 4.69) is 22.1 Å². The molecule has 1 aromatic carbocycles. The number of hydrogen-bond acceptors (Lipinski definition) is 4. The van der Waals surface area contributed by atoms with Crippen LogP contribution in [0.2, 0.25) is 0 Å². The van der Waals surface area contributed by atoms with Crippen molar-refractivity contribution in [2.45, 2.75) is 18.9 Å². The molecule has 0 bridgehead atoms. The second-order valence-electron chi connectivity index (χ2n) is 4.83. The van der Waals surface area contributed by atoms with Gasteiger partial charge in [-0.05, 0) is 29.9 Å². The van der Waals surface area contributed by atoms with E-state index in [0.717, 1.165) is 12.8 Å². The van der Waals surface area contributed by atoms with Gasteiger partial charge in [-0.2, -0.15) is 0 Å². The maximum absolute atomic E-state index is 10.5. The van der Waals surface area contributed by atoms with E-state index in [0.29, 0.717) is 11.6 Å². The third kappa shape index (κ3) is 2.19. The molecule has 2 aromatic rings. The van der Waals surface area contributed by atoms with Crippen LogP contribution in [-0.2, 0) is 12.8 Å². The molecule has 1 aliphatic rings. The molecule has 1 N–H and O–H groups in total. The molecule has 4 nitrogen and oxygen atoms in total. The second kappa shape index (κ2) is 4.97. The van der Waals surface area contributed by atoms with Crippen molar-refractivity contribution >= 4 is 0 Å². The highest BCUT2D eigenvalue weighted by Gasteiger charge is 2.31. The van der Waals surface area contributed by atoms with Crippen molar-refractivity contribution in [2.75, 3.05) is 7.11 Å². The van der Waals surface area contributed by atoms with Crippen LogP contribution in [0.3, 0.4) is 0 Å². The molecule has 0 spiro atoms. The summed E-state index contributed by atoms with van der Waals surface area (Å²) in [7, 11) is 1.55. The molecule has 0 fully saturated rings. The smallest absolute Gasteiger partial charge is 0.238 e. The summed E-state index contributed by atoms with van der Waals surface area (Å²) in [5.74, 6) is 0.550. The van der Waals surface area contributed by atoms with Gasteiger partial charge in [0.15, 0.2) is 0 Å². The van der Waals surface area contributed by atoms with Gasteiger partial charge in [0.05, 0.1) is 7.11 Å². The standard InChI is InChI=1S/C15H16N2O2/c1-19-15-13(16-6-7-17-15)14(18)12-8-10-4-2-3-5-11(10)9-12/h2-7,12,14,18H,8-9H2,1H3. The van der Waals surface area contributed by atoms with Crippen LogP contribution in [0.15, 0.2) is 36.7 Å². The Labute approximate surface area is 112 Å². The zero-order valence-corrected chi connectivity index (χ0v) is 10.8. The molecule has 1 atom stereocenters. The molecule has 98 valence electrons. The van der Waals surface area contributed by atoms with Gasteiger partial charge in [0.1, 0.15) is 11.8 Å². The van der Waals surface area contributed by atoms with E-state index in [1.54, 1.807) is 19.5 Å². The third-order valence-electron chi connectivity index (χ3n) is 3.69. The Balaban J connectivity index is 1.85. The molecule has 0 amide bonds. The molecule has 4 heteroatoms. The molecule has 1 aliphatic carbocycles. The van der Waals surface area contributed by atoms with Crippen molar-refractivity contribution in [1.29, 1.82) is 0 Å². The summed E-state index contributed by atoms with van der Waals surface area (Å²) < 4.78 is 5.17. The molecule has 0 saturated heterocycles. The largest absolute Gasteiger partial charge is 0.480 e. The van der Waals surface area contributed by atoms with Crippen LogP contribution in [0, 0.1) is 5.92 Å². The summed E-state index contributed by atoms with van der Waals surface area (Å²) in [6.45, 7) is 0. The fourth-order valence-electron chi connectivity index (χ4n) is 2.74. The van der Waals surface area contributed by atoms with E-state index >= 15 is 0 Å². The van der Waals surface area contributed by atoms with Crippen molar-refractivity contribution in [3.63, 3.8) is 0 Å². The van der Waals surface area contributed by atoms with Crippen molar-refractivity contribution in [3.8, 4) is 5.88 Å². The van der Waals surface area contributed by atoms with Gasteiger partial charge >= 0.3 is 0 Å². The van der Waals surface area contributed by atoms with Crippen molar-refractivity contribution < 1.29 is 9.84 Å². The first kappa shape index (κ1) is 12.1. The van der Waals surface area contributed by atoms with Gasteiger partial charge in [0.2, 0.25) is 5.88 Å². The third-order valence-corrected chi connectivity index (χ3v) is 3.69. The Morgan fingerprint density at radius 1 is 1.16 bits per heavy atom. The lowest BCUT2D eigenvalue weighted by atomic mass is 9.96. The van der Waals surface area contributed by atoms with E-state index in [4.69, 9.17) is 4.74 Å². The van der Waals surface area contributed by atoms with Crippen molar-refractivity contribution in [1.82, 2.24) is 9.97 Å². The zero-order valence-electron chi connectivity index (χ0n) is 10.8. The molecular weight excluding hydrogens is 240 g/mol. The molecule has 0 radical (unpaired) electrons. The molecular formula is C15H16N2O2. The van der Waals surface area contributed by atoms with Crippen molar-refractivity contribution in [2.24, 2.45) is 5.92 Å². The van der Waals surface area contributed by atoms with E-state index < -0.39 is 6.10 Å². The predicted molar refractivity (Wildman–Crippen MR) is 70.9 cm³/mol. The van der Waals surface area contributed by atoms with Crippen molar-refractivity contribution in [3.05, 3.63) is 53.5 Å². The number of ether oxygens (including phenoxy) is 1. The quantitative estimate of drug-likeness (QED) is 0.911. The fourth-order valence-corrected chi connectivity index (χ4v) is 2.74. The van der Waals surface area contributed by atoms with Gasteiger partial charge in [-0.15, -0.1) is 0 Å². The van der Waals surface area contributed by atoms with Gasteiger partial charge in [-0.25, -0.2) is 4.98 Å². The number of nitrogens with zero attached hydrogens (tertiary/aromatic N) is 2. The van der Waals surface area contributed by atoms with Gasteiger partial charge in [0.25, 0.3) is 0 Å². The van der Waals surface area contributed by atoms with E-state index in [1.807, 2.05) is 12.1 Å². The summed E-state index contributed by atoms with van der Waals surface area (Å²) in [6.07, 6.45) is 4.26. The Morgan fingerprint density at radius 2 is 1.79 bits per heavy atom. The summed E-state index contributed by atoms with van der Waals surface area (Å²) in [5.41, 5.74) is 3.16. The van der Waals surface area contributed by atoms with E-state index in [-0.39, 0.29) is 5.92 Å². The highest BCUT2D eigenvalue weighted by atomic mass is 16.5. The summed E-state index contributed by atoms with van der Waals surface area (Å²) >= 11 is 0. The van der Waals surface area contributed by atoms with Crippen LogP contribution < -0.4 is 4.74 Å². The summed E-state index contributed by atoms with van der Waals surface area (Å²) in [6, 6.07) is 8.32. The number of benzene rings is 1. The van der Waals surface area contributed by atoms with Crippen LogP contribution in [0.4, 0.5) is 0 Å². The van der Waals surface area contributed by atoms with Crippen LogP contribution >= 0.6 is 0 Å². The Hall–Kier alpha value is -1.94. The van der Waals surface area contributed by atoms with Gasteiger partial charge < -0.3 is 9.84 Å². The van der Waals surface area contributed by atoms with Crippen LogP contribution in [0.1, 0.15) is 22.9 Å². The van der Waals surface area contributed by atoms with Crippen LogP contribution in [-0.4, -0.2) is 22.2 Å². The Morgan fingerprint density at radius 3 is 2.42 bits per heavy atom. The first-order chi connectivity index (χ1) is 9.29. The van der Waals surface area contributed by atoms with Crippen LogP contribution in [0.25, 0.3) is 0 Å². The molecule has 1 unspecified atom stereocenters. The first-order valence-electron chi connectivity index (χ1n) is 6.39. The van der Waals surface area contributed by atoms with E-state index in [9.17, 15) is 5.11 Å². The van der Waals surface area contributed by atoms with Gasteiger partial charge in [-0.3, -0.25) is 4.98 Å². The minimum absolute atomic E-state index is 0.142. The molecule has 0 aliphatic heterocycles. The van der Waals surface area contributed by atoms with E-state index in [1.165, 1.54) is 11.1 Å². The predicted octanol–water partition coefficient (Wildman–Crippen LogP) is 1.93. The first-order valence-corrected chi connectivity index (χ1v) is 6.39. The number of methoxy groups -OCH3 is 1. The maximum atomic E-state index is 10.5. The minimum Gasteiger partial charge on any atom is -0.480 e. The van der Waals surface area contributed by atoms with Gasteiger partial charge in [0, 0.05) is 12.4 Å². The lowest BCUT2D eigenvalue weighted by molar-refractivity contribution is 0.105. The van der Waals surface area contributed by atoms with Gasteiger partial charge in [-0.1, -0.05) is 24.3 Å². The molecule has 1 heterocycles. The maximum Gasteiger partial charge on any atom is 0.238 e. The number of rotatable bonds is 3. The highest BCUT2D eigenvalue weighted by molar-refractivity contribution is 5.34. The zero-order chi connectivity index (χ0) is 13.2. The number of fused-ring (bicyclic) bond motifs is 1. The number of aliphatic hydroxyl groups is 1. The summed E-state index contributed by atoms with van der Waals surface area (Å²) in [5, 5.41) is 10.5. The topological polar surface area (TPSA) is 55.2 Å². The second-order valence-corrected chi connectivity index (χ2v) is 4.83. The molecule has 0 saturated carbocycles. The minimum atomic E-state index is -0.643. The number of aliphatic hydroxyl groups excluding tert-OH is 1. The average Bonchev–Trinajstić information content (AvgIpc) is 2.90. The molecule has 1 aromatic heterocycles. The Kier molecular flexibility index (Phi) is 3.17. The lowest BCUT2D eigenvalue weighted by Crippen LogP contribution is -2.15. The average molecular weight is 256 g/mol. The number of aromatic nitrogens is 2. The fraction of sp³-hybridized carbons (Fsp3) is 0.333. The van der Waals surface area contributed by atoms with Crippen LogP contribution in [0.5, 0.6) is 5.88 Å². The molecule has 19 heavy (non-hydrogen) atoms. The number of hydrogen-bond donors (Lipinski definition) is 1. The summed E-state index contributed by atoms with van der Waals surface area (Å²) in [4.78, 5) is 8.31. The monoisotopic (exact) mass is 256 g/mol. The molecule has 3 rings (SSSR count). The Bertz CT molecular complexity index is 561. The normalized spacial score (nSPS) is 16.1. The highest BCUT2D eigenvalue weighted by Crippen LogP contribution is 2.36. The lowest BCUT2D eigenvalue weighted by Gasteiger charge is -2.18.